The molecule has 1 amide bonds. The number of hydroxylamine groups is 2. The van der Waals surface area contributed by atoms with Gasteiger partial charge in [0.15, 0.2) is 11.6 Å². The van der Waals surface area contributed by atoms with Crippen LogP contribution in [0.25, 0.3) is 0 Å². The number of benzene rings is 2. The number of pyridine rings is 1. The molecule has 13 nitrogen and oxygen atoms in total. The summed E-state index contributed by atoms with van der Waals surface area (Å²) >= 11 is 0. The van der Waals surface area contributed by atoms with Crippen LogP contribution in [0.4, 0.5) is 19.3 Å². The molecule has 1 aromatic heterocycles. The monoisotopic (exact) mass is 701 g/mol. The minimum absolute atomic E-state index is 0.0544. The Morgan fingerprint density at radius 1 is 0.980 bits per heavy atom. The highest BCUT2D eigenvalue weighted by Gasteiger charge is 2.61. The second kappa shape index (κ2) is 13.9. The lowest BCUT2D eigenvalue weighted by Crippen LogP contribution is -2.53. The summed E-state index contributed by atoms with van der Waals surface area (Å²) in [6.07, 6.45) is 2.04. The van der Waals surface area contributed by atoms with Gasteiger partial charge in [-0.15, -0.1) is 5.06 Å². The number of methoxy groups -OCH3 is 1. The average molecular weight is 702 g/mol. The van der Waals surface area contributed by atoms with Gasteiger partial charge in [-0.3, -0.25) is 9.69 Å². The number of sulfonamides is 1. The predicted octanol–water partition coefficient (Wildman–Crippen LogP) is 3.53. The van der Waals surface area contributed by atoms with Gasteiger partial charge in [-0.2, -0.15) is 4.31 Å². The molecule has 2 aromatic carbocycles. The molecule has 3 aromatic rings. The first-order valence-corrected chi connectivity index (χ1v) is 17.3. The number of fused-ring (bicyclic) bond motifs is 1. The molecule has 0 radical (unpaired) electrons. The molecular formula is C33H37F2N5O8S. The molecule has 0 bridgehead atoms. The second-order valence-electron chi connectivity index (χ2n) is 11.9. The maximum absolute atomic E-state index is 15.1. The van der Waals surface area contributed by atoms with Crippen LogP contribution >= 0.6 is 0 Å². The number of likely N-dealkylation sites (tertiary alicyclic amines) is 1. The molecule has 6 rings (SSSR count). The summed E-state index contributed by atoms with van der Waals surface area (Å²) in [7, 11) is -1.33. The van der Waals surface area contributed by atoms with Crippen LogP contribution in [-0.4, -0.2) is 106 Å². The van der Waals surface area contributed by atoms with E-state index < -0.39 is 50.6 Å². The van der Waals surface area contributed by atoms with Gasteiger partial charge < -0.3 is 23.9 Å². The molecule has 3 aliphatic rings. The Labute approximate surface area is 282 Å². The number of hydrogen-bond acceptors (Lipinski definition) is 12. The second-order valence-corrected chi connectivity index (χ2v) is 13.7. The van der Waals surface area contributed by atoms with Crippen molar-refractivity contribution in [3.8, 4) is 11.6 Å². The Morgan fingerprint density at radius 2 is 1.65 bits per heavy atom. The molecule has 262 valence electrons. The van der Waals surface area contributed by atoms with Crippen LogP contribution in [0.15, 0.2) is 59.6 Å². The number of anilines is 1. The summed E-state index contributed by atoms with van der Waals surface area (Å²) in [6, 6.07) is 9.46. The van der Waals surface area contributed by atoms with Crippen molar-refractivity contribution >= 4 is 27.8 Å². The summed E-state index contributed by atoms with van der Waals surface area (Å²) in [5.74, 6) is -4.06. The van der Waals surface area contributed by atoms with E-state index in [1.165, 1.54) is 54.8 Å². The Morgan fingerprint density at radius 3 is 2.31 bits per heavy atom. The normalized spacial score (nSPS) is 21.0. The van der Waals surface area contributed by atoms with Gasteiger partial charge >= 0.3 is 6.16 Å². The van der Waals surface area contributed by atoms with Gasteiger partial charge in [0.2, 0.25) is 5.88 Å². The third-order valence-electron chi connectivity index (χ3n) is 9.07. The van der Waals surface area contributed by atoms with Crippen LogP contribution in [0.5, 0.6) is 11.6 Å². The fraction of sp³-hybridized carbons (Fsp3) is 0.424. The Hall–Kier alpha value is -4.38. The van der Waals surface area contributed by atoms with Gasteiger partial charge in [-0.25, -0.2) is 27.0 Å². The molecule has 0 N–H and O–H groups in total. The number of piperidine rings is 1. The quantitative estimate of drug-likeness (QED) is 0.303. The molecule has 49 heavy (non-hydrogen) atoms. The number of carbonyl (C=O) groups excluding carboxylic acids is 2. The molecule has 0 aliphatic carbocycles. The van der Waals surface area contributed by atoms with Crippen molar-refractivity contribution in [1.82, 2.24) is 19.8 Å². The zero-order valence-electron chi connectivity index (χ0n) is 27.3. The number of ether oxygens (including phenoxy) is 3. The van der Waals surface area contributed by atoms with Gasteiger partial charge in [-0.1, -0.05) is 0 Å². The minimum atomic E-state index is -4.82. The first-order valence-electron chi connectivity index (χ1n) is 15.9. The molecule has 3 aliphatic heterocycles. The Bertz CT molecular complexity index is 1820. The van der Waals surface area contributed by atoms with Crippen LogP contribution in [0, 0.1) is 11.6 Å². The van der Waals surface area contributed by atoms with Crippen molar-refractivity contribution in [2.24, 2.45) is 0 Å². The number of nitrogens with zero attached hydrogens (tertiary/aromatic N) is 5. The van der Waals surface area contributed by atoms with E-state index in [0.29, 0.717) is 54.4 Å². The lowest BCUT2D eigenvalue weighted by atomic mass is 9.87. The standard InChI is InChI=1S/C33H37F2N5O8S/c1-4-46-30-25(6-5-13-36-30)33(47-32(42)48-39-18-16-38(17-19-39)22-11-14-37(2)15-12-22)26-20-27(34)28(35)21-29(26)40(31(33)41)49(43,44)24-9-7-23(45-3)8-10-24/h5-10,13,20-22H,4,11-12,14-19H2,1-3H3. The van der Waals surface area contributed by atoms with E-state index in [2.05, 4.69) is 21.8 Å². The Kier molecular flexibility index (Phi) is 9.75. The minimum Gasteiger partial charge on any atom is -0.497 e. The van der Waals surface area contributed by atoms with E-state index in [1.54, 1.807) is 6.92 Å². The predicted molar refractivity (Wildman–Crippen MR) is 171 cm³/mol. The number of carbonyl (C=O) groups is 2. The topological polar surface area (TPSA) is 131 Å². The van der Waals surface area contributed by atoms with E-state index in [-0.39, 0.29) is 22.9 Å². The third kappa shape index (κ3) is 6.40. The lowest BCUT2D eigenvalue weighted by Gasteiger charge is -2.41. The maximum Gasteiger partial charge on any atom is 0.529 e. The first kappa shape index (κ1) is 34.5. The largest absolute Gasteiger partial charge is 0.529 e. The fourth-order valence-electron chi connectivity index (χ4n) is 6.54. The van der Waals surface area contributed by atoms with Crippen molar-refractivity contribution in [1.29, 1.82) is 0 Å². The van der Waals surface area contributed by atoms with Crippen LogP contribution in [0.1, 0.15) is 30.9 Å². The van der Waals surface area contributed by atoms with Crippen LogP contribution in [0.2, 0.25) is 0 Å². The van der Waals surface area contributed by atoms with E-state index in [1.807, 2.05) is 0 Å². The molecule has 0 saturated carbocycles. The highest BCUT2D eigenvalue weighted by Crippen LogP contribution is 2.51. The molecule has 0 spiro atoms. The van der Waals surface area contributed by atoms with Crippen LogP contribution < -0.4 is 13.8 Å². The van der Waals surface area contributed by atoms with Crippen LogP contribution in [-0.2, 0) is 30.0 Å². The average Bonchev–Trinajstić information content (AvgIpc) is 3.33. The lowest BCUT2D eigenvalue weighted by molar-refractivity contribution is -0.168. The van der Waals surface area contributed by atoms with Crippen molar-refractivity contribution in [2.75, 3.05) is 64.3 Å². The molecular weight excluding hydrogens is 664 g/mol. The molecule has 1 atom stereocenters. The van der Waals surface area contributed by atoms with Crippen molar-refractivity contribution < 1.29 is 45.8 Å². The zero-order chi connectivity index (χ0) is 34.9. The SMILES string of the molecule is CCOc1ncccc1C1(OC(=O)ON2CCN(C3CCN(C)CC3)CC2)C(=O)N(S(=O)(=O)c2ccc(OC)cc2)c2cc(F)c(F)cc21. The smallest absolute Gasteiger partial charge is 0.497 e. The highest BCUT2D eigenvalue weighted by atomic mass is 32.2. The van der Waals surface area contributed by atoms with Gasteiger partial charge in [-0.05, 0) is 82.4 Å². The van der Waals surface area contributed by atoms with Crippen molar-refractivity contribution in [3.63, 3.8) is 0 Å². The van der Waals surface area contributed by atoms with Gasteiger partial charge in [0, 0.05) is 50.0 Å². The van der Waals surface area contributed by atoms with E-state index in [4.69, 9.17) is 19.0 Å². The summed E-state index contributed by atoms with van der Waals surface area (Å²) in [4.78, 5) is 42.4. The highest BCUT2D eigenvalue weighted by molar-refractivity contribution is 7.93. The number of piperazine rings is 1. The maximum atomic E-state index is 15.1. The molecule has 4 heterocycles. The van der Waals surface area contributed by atoms with Gasteiger partial charge in [0.25, 0.3) is 21.5 Å². The van der Waals surface area contributed by atoms with Crippen molar-refractivity contribution in [3.05, 3.63) is 77.5 Å². The molecule has 16 heteroatoms. The molecule has 1 unspecified atom stereocenters. The molecule has 2 fully saturated rings. The van der Waals surface area contributed by atoms with E-state index in [0.717, 1.165) is 25.9 Å². The van der Waals surface area contributed by atoms with E-state index in [9.17, 15) is 22.4 Å². The third-order valence-corrected chi connectivity index (χ3v) is 10.8. The van der Waals surface area contributed by atoms with Crippen molar-refractivity contribution in [2.45, 2.75) is 36.3 Å². The number of amides is 1. The summed E-state index contributed by atoms with van der Waals surface area (Å²) < 4.78 is 75.1. The number of hydrogen-bond donors (Lipinski definition) is 0. The summed E-state index contributed by atoms with van der Waals surface area (Å²) in [5.41, 5.74) is -3.96. The van der Waals surface area contributed by atoms with Gasteiger partial charge in [0.1, 0.15) is 5.75 Å². The Balaban J connectivity index is 1.38. The van der Waals surface area contributed by atoms with Gasteiger partial charge in [0.05, 0.1) is 29.9 Å². The number of rotatable bonds is 9. The molecule has 2 saturated heterocycles. The van der Waals surface area contributed by atoms with E-state index >= 15 is 4.39 Å². The number of halogens is 2. The van der Waals surface area contributed by atoms with Crippen LogP contribution in [0.3, 0.4) is 0 Å². The first-order chi connectivity index (χ1) is 23.5. The zero-order valence-corrected chi connectivity index (χ0v) is 28.1. The summed E-state index contributed by atoms with van der Waals surface area (Å²) in [5, 5.41) is 1.39. The summed E-state index contributed by atoms with van der Waals surface area (Å²) in [6.45, 7) is 5.61. The number of aromatic nitrogens is 1. The fourth-order valence-corrected chi connectivity index (χ4v) is 7.99.